The Balaban J connectivity index is 0.00000196. The molecule has 1 aromatic rings. The molecule has 0 spiro atoms. The topological polar surface area (TPSA) is 209 Å². The summed E-state index contributed by atoms with van der Waals surface area (Å²) in [6.45, 7) is -0.532. The number of rotatable bonds is 0. The number of ether oxygens (including phenoxy) is 1. The van der Waals surface area contributed by atoms with Crippen molar-refractivity contribution in [1.29, 1.82) is 0 Å². The van der Waals surface area contributed by atoms with Crippen LogP contribution < -0.4 is 16.6 Å². The van der Waals surface area contributed by atoms with Crippen LogP contribution in [0, 0.1) is 5.92 Å². The maximum Gasteiger partial charge on any atom is 0.472 e. The Morgan fingerprint density at radius 3 is 2.73 bits per heavy atom. The molecule has 13 nitrogen and oxygen atoms in total. The van der Waals surface area contributed by atoms with Crippen LogP contribution >= 0.6 is 31.8 Å². The third-order valence-corrected chi connectivity index (χ3v) is 5.43. The van der Waals surface area contributed by atoms with Crippen molar-refractivity contribution in [3.8, 4) is 0 Å². The molecule has 0 aromatic carbocycles. The second-order valence-corrected chi connectivity index (χ2v) is 7.49. The molecule has 0 aliphatic carbocycles. The largest absolute Gasteiger partial charge is 0.472 e. The standard InChI is InChI=1S/C11H15N4O9P.HI/c12-9-13-7-3(8(16)14-9)1-5-10(17,18)6-4(23-11(5,19)15-7)2-22-25(20,21)24-6;/h4-6,17-19H,1-2H2,(H,20,21)(H4,12,13,14,15,16);1H/t4-,5+,6+,11-;/m1./s1. The van der Waals surface area contributed by atoms with Crippen LogP contribution in [0.15, 0.2) is 4.79 Å². The number of H-pyrrole nitrogens is 1. The second kappa shape index (κ2) is 6.08. The number of nitrogens with one attached hydrogen (secondary N) is 2. The zero-order valence-electron chi connectivity index (χ0n) is 12.9. The average molecular weight is 506 g/mol. The number of hydrogen-bond acceptors (Lipinski definition) is 11. The number of aliphatic hydroxyl groups is 3. The maximum absolute atomic E-state index is 12.0. The first-order valence-electron chi connectivity index (χ1n) is 7.19. The Morgan fingerprint density at radius 2 is 2.04 bits per heavy atom. The zero-order chi connectivity index (χ0) is 18.2. The van der Waals surface area contributed by atoms with Crippen molar-refractivity contribution in [2.75, 3.05) is 17.7 Å². The van der Waals surface area contributed by atoms with Gasteiger partial charge >= 0.3 is 7.82 Å². The molecule has 3 aliphatic rings. The van der Waals surface area contributed by atoms with Crippen molar-refractivity contribution in [2.45, 2.75) is 30.3 Å². The number of hydrogen-bond donors (Lipinski definition) is 7. The summed E-state index contributed by atoms with van der Waals surface area (Å²) in [5.74, 6) is -7.01. The quantitative estimate of drug-likeness (QED) is 0.114. The van der Waals surface area contributed by atoms with Gasteiger partial charge in [-0.05, 0) is 6.42 Å². The molecule has 1 aromatic heterocycles. The van der Waals surface area contributed by atoms with E-state index in [1.807, 2.05) is 0 Å². The predicted octanol–water partition coefficient (Wildman–Crippen LogP) is -2.20. The van der Waals surface area contributed by atoms with Gasteiger partial charge in [0.05, 0.1) is 18.1 Å². The number of phosphoric ester groups is 1. The fraction of sp³-hybridized carbons (Fsp3) is 0.636. The zero-order valence-corrected chi connectivity index (χ0v) is 16.1. The van der Waals surface area contributed by atoms with Crippen LogP contribution in [0.1, 0.15) is 5.56 Å². The number of aromatic nitrogens is 2. The SMILES string of the molecule is I.Nc1nc2c(c(=O)[nH]1)C[C@H]1C(O)(O)[C@H]3OP(=O)(O)OC[C@H]3O[C@@]1(O)N2. The molecular weight excluding hydrogens is 490 g/mol. The molecule has 4 rings (SSSR count). The van der Waals surface area contributed by atoms with Crippen molar-refractivity contribution in [2.24, 2.45) is 5.92 Å². The minimum Gasteiger partial charge on any atom is -0.369 e. The summed E-state index contributed by atoms with van der Waals surface area (Å²) in [4.78, 5) is 27.5. The Kier molecular flexibility index (Phi) is 4.66. The highest BCUT2D eigenvalue weighted by molar-refractivity contribution is 14.0. The number of phosphoric acid groups is 1. The van der Waals surface area contributed by atoms with Crippen molar-refractivity contribution in [3.05, 3.63) is 15.9 Å². The summed E-state index contributed by atoms with van der Waals surface area (Å²) in [6, 6.07) is 0. The lowest BCUT2D eigenvalue weighted by molar-refractivity contribution is -0.403. The summed E-state index contributed by atoms with van der Waals surface area (Å²) in [7, 11) is -4.51. The van der Waals surface area contributed by atoms with E-state index < -0.39 is 49.8 Å². The lowest BCUT2D eigenvalue weighted by Crippen LogP contribution is -2.74. The molecule has 0 bridgehead atoms. The number of anilines is 2. The number of nitrogens with two attached hydrogens (primary N) is 1. The van der Waals surface area contributed by atoms with E-state index >= 15 is 0 Å². The van der Waals surface area contributed by atoms with Crippen LogP contribution in [0.2, 0.25) is 0 Å². The van der Waals surface area contributed by atoms with Gasteiger partial charge in [0.15, 0.2) is 6.10 Å². The molecule has 8 N–H and O–H groups in total. The van der Waals surface area contributed by atoms with Crippen LogP contribution in [-0.2, 0) is 24.8 Å². The molecule has 0 amide bonds. The van der Waals surface area contributed by atoms with Gasteiger partial charge in [-0.15, -0.1) is 24.0 Å². The second-order valence-electron chi connectivity index (χ2n) is 6.09. The van der Waals surface area contributed by atoms with Crippen molar-refractivity contribution in [3.63, 3.8) is 0 Å². The number of nitrogen functional groups attached to an aromatic ring is 1. The maximum atomic E-state index is 12.0. The van der Waals surface area contributed by atoms with Crippen LogP contribution in [0.5, 0.6) is 0 Å². The molecule has 15 heteroatoms. The van der Waals surface area contributed by atoms with Gasteiger partial charge < -0.3 is 36.0 Å². The van der Waals surface area contributed by atoms with Gasteiger partial charge in [-0.2, -0.15) is 4.98 Å². The van der Waals surface area contributed by atoms with Crippen LogP contribution in [0.4, 0.5) is 11.8 Å². The van der Waals surface area contributed by atoms with E-state index in [-0.39, 0.29) is 47.7 Å². The summed E-state index contributed by atoms with van der Waals surface area (Å²) in [5, 5.41) is 34.2. The first kappa shape index (κ1) is 19.9. The fourth-order valence-electron chi connectivity index (χ4n) is 3.33. The molecule has 0 radical (unpaired) electrons. The lowest BCUT2D eigenvalue weighted by Gasteiger charge is -2.55. The summed E-state index contributed by atoms with van der Waals surface area (Å²) < 4.78 is 26.3. The molecule has 26 heavy (non-hydrogen) atoms. The monoisotopic (exact) mass is 506 g/mol. The van der Waals surface area contributed by atoms with Crippen LogP contribution in [-0.4, -0.2) is 60.7 Å². The van der Waals surface area contributed by atoms with Crippen LogP contribution in [0.3, 0.4) is 0 Å². The van der Waals surface area contributed by atoms with Crippen molar-refractivity contribution in [1.82, 2.24) is 9.97 Å². The third kappa shape index (κ3) is 2.94. The Bertz CT molecular complexity index is 849. The van der Waals surface area contributed by atoms with E-state index in [9.17, 15) is 29.6 Å². The van der Waals surface area contributed by atoms with Gasteiger partial charge in [-0.3, -0.25) is 18.8 Å². The number of fused-ring (bicyclic) bond motifs is 3. The van der Waals surface area contributed by atoms with Gasteiger partial charge in [0.25, 0.3) is 11.5 Å². The predicted molar refractivity (Wildman–Crippen MR) is 93.1 cm³/mol. The van der Waals surface area contributed by atoms with Crippen LogP contribution in [0.25, 0.3) is 0 Å². The minimum atomic E-state index is -4.51. The molecule has 1 unspecified atom stereocenters. The molecule has 5 atom stereocenters. The summed E-state index contributed by atoms with van der Waals surface area (Å²) in [5.41, 5.74) is 4.81. The third-order valence-electron chi connectivity index (χ3n) is 4.46. The highest BCUT2D eigenvalue weighted by Gasteiger charge is 2.67. The molecule has 146 valence electrons. The van der Waals surface area contributed by atoms with Gasteiger partial charge in [0.1, 0.15) is 11.9 Å². The van der Waals surface area contributed by atoms with E-state index in [2.05, 4.69) is 19.8 Å². The number of halogens is 1. The summed E-state index contributed by atoms with van der Waals surface area (Å²) in [6.07, 6.45) is -3.34. The Morgan fingerprint density at radius 1 is 1.35 bits per heavy atom. The molecule has 3 aliphatic heterocycles. The fourth-order valence-corrected chi connectivity index (χ4v) is 4.30. The van der Waals surface area contributed by atoms with Crippen molar-refractivity contribution < 1.29 is 38.6 Å². The van der Waals surface area contributed by atoms with Gasteiger partial charge in [-0.25, -0.2) is 4.57 Å². The Labute approximate surface area is 162 Å². The highest BCUT2D eigenvalue weighted by atomic mass is 127. The Hall–Kier alpha value is -0.840. The lowest BCUT2D eigenvalue weighted by atomic mass is 9.78. The molecule has 4 heterocycles. The van der Waals surface area contributed by atoms with E-state index in [0.29, 0.717) is 0 Å². The smallest absolute Gasteiger partial charge is 0.369 e. The van der Waals surface area contributed by atoms with E-state index in [1.165, 1.54) is 0 Å². The molecule has 2 fully saturated rings. The molecular formula is C11H16IN4O9P. The highest BCUT2D eigenvalue weighted by Crippen LogP contribution is 2.55. The normalized spacial score (nSPS) is 40.2. The van der Waals surface area contributed by atoms with E-state index in [0.717, 1.165) is 0 Å². The van der Waals surface area contributed by atoms with Gasteiger partial charge in [0.2, 0.25) is 11.7 Å². The molecule has 0 saturated carbocycles. The minimum absolute atomic E-state index is 0. The first-order chi connectivity index (χ1) is 11.5. The summed E-state index contributed by atoms with van der Waals surface area (Å²) >= 11 is 0. The van der Waals surface area contributed by atoms with E-state index in [4.69, 9.17) is 15.0 Å². The van der Waals surface area contributed by atoms with E-state index in [1.54, 1.807) is 0 Å². The number of nitrogens with zero attached hydrogens (tertiary/aromatic N) is 1. The van der Waals surface area contributed by atoms with Gasteiger partial charge in [-0.1, -0.05) is 0 Å². The average Bonchev–Trinajstić information content (AvgIpc) is 2.46. The first-order valence-corrected chi connectivity index (χ1v) is 8.69. The van der Waals surface area contributed by atoms with Gasteiger partial charge in [0, 0.05) is 0 Å². The molecule has 2 saturated heterocycles. The number of aromatic amines is 1. The van der Waals surface area contributed by atoms with Crippen molar-refractivity contribution >= 4 is 43.6 Å².